The van der Waals surface area contributed by atoms with Crippen LogP contribution in [0.4, 0.5) is 0 Å². The Hall–Kier alpha value is -1.85. The van der Waals surface area contributed by atoms with E-state index in [0.29, 0.717) is 5.88 Å². The molecule has 2 aromatic heterocycles. The highest BCUT2D eigenvalue weighted by molar-refractivity contribution is 5.13. The van der Waals surface area contributed by atoms with Crippen LogP contribution in [0.5, 0.6) is 0 Å². The van der Waals surface area contributed by atoms with Gasteiger partial charge >= 0.3 is 5.69 Å². The summed E-state index contributed by atoms with van der Waals surface area (Å²) in [5.41, 5.74) is -0.417. The first-order chi connectivity index (χ1) is 5.38. The van der Waals surface area contributed by atoms with Crippen LogP contribution in [0.3, 0.4) is 0 Å². The van der Waals surface area contributed by atoms with Gasteiger partial charge in [0.1, 0.15) is 0 Å². The zero-order valence-corrected chi connectivity index (χ0v) is 5.39. The highest BCUT2D eigenvalue weighted by Gasteiger charge is 2.03. The second-order valence-electron chi connectivity index (χ2n) is 1.87. The molecule has 0 bridgehead atoms. The summed E-state index contributed by atoms with van der Waals surface area (Å²) in [4.78, 5) is 10.8. The number of aromatic nitrogens is 4. The Balaban J connectivity index is 2.62. The molecule has 0 saturated carbocycles. The summed E-state index contributed by atoms with van der Waals surface area (Å²) in [7, 11) is 0. The van der Waals surface area contributed by atoms with E-state index >= 15 is 0 Å². The lowest BCUT2D eigenvalue weighted by Crippen LogP contribution is -2.15. The van der Waals surface area contributed by atoms with Crippen LogP contribution in [0.25, 0.3) is 5.88 Å². The minimum absolute atomic E-state index is 0.351. The van der Waals surface area contributed by atoms with Crippen LogP contribution in [-0.2, 0) is 0 Å². The third-order valence-corrected chi connectivity index (χ3v) is 1.19. The van der Waals surface area contributed by atoms with Crippen LogP contribution in [0.1, 0.15) is 0 Å². The Bertz CT molecular complexity index is 385. The zero-order chi connectivity index (χ0) is 7.68. The standard InChI is InChI=1S/C5H4N4O2/c10-5-6-7-8-9(5)4-2-1-3-11-4/h1-3H,(H,6,8,10). The maximum atomic E-state index is 10.8. The third-order valence-electron chi connectivity index (χ3n) is 1.19. The number of nitrogens with one attached hydrogen (secondary N) is 1. The normalized spacial score (nSPS) is 10.2. The molecule has 0 amide bonds. The summed E-state index contributed by atoms with van der Waals surface area (Å²) in [5.74, 6) is 0.351. The van der Waals surface area contributed by atoms with Gasteiger partial charge in [0, 0.05) is 6.07 Å². The molecule has 6 heteroatoms. The molecule has 0 unspecified atom stereocenters. The van der Waals surface area contributed by atoms with E-state index in [4.69, 9.17) is 4.42 Å². The molecule has 0 aliphatic rings. The fraction of sp³-hybridized carbons (Fsp3) is 0. The highest BCUT2D eigenvalue weighted by atomic mass is 16.3. The summed E-state index contributed by atoms with van der Waals surface area (Å²) < 4.78 is 5.93. The molecular formula is C5H4N4O2. The van der Waals surface area contributed by atoms with Gasteiger partial charge in [0.2, 0.25) is 5.88 Å². The van der Waals surface area contributed by atoms with Crippen molar-refractivity contribution in [2.24, 2.45) is 0 Å². The van der Waals surface area contributed by atoms with Crippen molar-refractivity contribution in [1.29, 1.82) is 0 Å². The molecule has 2 rings (SSSR count). The Morgan fingerprint density at radius 3 is 3.09 bits per heavy atom. The van der Waals surface area contributed by atoms with E-state index in [2.05, 4.69) is 15.5 Å². The quantitative estimate of drug-likeness (QED) is 0.600. The molecule has 0 saturated heterocycles. The lowest BCUT2D eigenvalue weighted by Gasteiger charge is -1.86. The number of aromatic amines is 1. The van der Waals surface area contributed by atoms with E-state index in [1.807, 2.05) is 0 Å². The summed E-state index contributed by atoms with van der Waals surface area (Å²) in [6.45, 7) is 0. The number of hydrogen-bond acceptors (Lipinski definition) is 4. The summed E-state index contributed by atoms with van der Waals surface area (Å²) in [6, 6.07) is 3.28. The Kier molecular flexibility index (Phi) is 1.12. The van der Waals surface area contributed by atoms with Gasteiger partial charge in [0.25, 0.3) is 0 Å². The Morgan fingerprint density at radius 1 is 1.64 bits per heavy atom. The van der Waals surface area contributed by atoms with Crippen molar-refractivity contribution in [2.75, 3.05) is 0 Å². The molecule has 0 radical (unpaired) electrons. The number of tetrazole rings is 1. The molecule has 2 aromatic rings. The van der Waals surface area contributed by atoms with Gasteiger partial charge in [0.05, 0.1) is 6.26 Å². The SMILES string of the molecule is O=c1[nH]nnn1-c1ccco1. The number of hydrogen-bond donors (Lipinski definition) is 1. The monoisotopic (exact) mass is 152 g/mol. The lowest BCUT2D eigenvalue weighted by molar-refractivity contribution is 0.512. The van der Waals surface area contributed by atoms with Crippen molar-refractivity contribution in [3.8, 4) is 5.88 Å². The van der Waals surface area contributed by atoms with Crippen LogP contribution < -0.4 is 5.69 Å². The molecule has 0 spiro atoms. The van der Waals surface area contributed by atoms with E-state index < -0.39 is 5.69 Å². The van der Waals surface area contributed by atoms with E-state index in [1.54, 1.807) is 12.1 Å². The lowest BCUT2D eigenvalue weighted by atomic mass is 10.6. The summed E-state index contributed by atoms with van der Waals surface area (Å²) in [6.07, 6.45) is 1.45. The summed E-state index contributed by atoms with van der Waals surface area (Å²) in [5, 5.41) is 8.90. The maximum Gasteiger partial charge on any atom is 0.368 e. The van der Waals surface area contributed by atoms with Crippen LogP contribution in [-0.4, -0.2) is 20.2 Å². The fourth-order valence-electron chi connectivity index (χ4n) is 0.732. The average molecular weight is 152 g/mol. The van der Waals surface area contributed by atoms with Gasteiger partial charge in [-0.3, -0.25) is 0 Å². The van der Waals surface area contributed by atoms with Crippen LogP contribution >= 0.6 is 0 Å². The molecule has 0 fully saturated rings. The van der Waals surface area contributed by atoms with Crippen molar-refractivity contribution in [2.45, 2.75) is 0 Å². The zero-order valence-electron chi connectivity index (χ0n) is 5.39. The minimum Gasteiger partial charge on any atom is -0.446 e. The summed E-state index contributed by atoms with van der Waals surface area (Å²) >= 11 is 0. The molecule has 6 nitrogen and oxygen atoms in total. The molecule has 2 heterocycles. The van der Waals surface area contributed by atoms with Crippen molar-refractivity contribution >= 4 is 0 Å². The van der Waals surface area contributed by atoms with Crippen molar-refractivity contribution in [3.63, 3.8) is 0 Å². The van der Waals surface area contributed by atoms with E-state index in [9.17, 15) is 4.79 Å². The van der Waals surface area contributed by atoms with Gasteiger partial charge < -0.3 is 4.42 Å². The second-order valence-corrected chi connectivity index (χ2v) is 1.87. The molecule has 0 aliphatic carbocycles. The van der Waals surface area contributed by atoms with Gasteiger partial charge in [0.15, 0.2) is 0 Å². The maximum absolute atomic E-state index is 10.8. The van der Waals surface area contributed by atoms with Crippen LogP contribution in [0.2, 0.25) is 0 Å². The highest BCUT2D eigenvalue weighted by Crippen LogP contribution is 2.00. The topological polar surface area (TPSA) is 76.7 Å². The van der Waals surface area contributed by atoms with Gasteiger partial charge in [-0.05, 0) is 16.5 Å². The first kappa shape index (κ1) is 5.90. The van der Waals surface area contributed by atoms with Crippen LogP contribution in [0, 0.1) is 0 Å². The smallest absolute Gasteiger partial charge is 0.368 e. The molecule has 56 valence electrons. The van der Waals surface area contributed by atoms with E-state index in [1.165, 1.54) is 6.26 Å². The second kappa shape index (κ2) is 2.08. The van der Waals surface area contributed by atoms with Crippen molar-refractivity contribution in [3.05, 3.63) is 28.9 Å². The molecule has 1 N–H and O–H groups in total. The number of rotatable bonds is 1. The van der Waals surface area contributed by atoms with Gasteiger partial charge in [-0.25, -0.2) is 9.89 Å². The number of furan rings is 1. The van der Waals surface area contributed by atoms with E-state index in [0.717, 1.165) is 4.68 Å². The predicted octanol–water partition coefficient (Wildman–Crippen LogP) is -0.451. The number of H-pyrrole nitrogens is 1. The molecule has 0 aromatic carbocycles. The molecule has 0 atom stereocenters. The van der Waals surface area contributed by atoms with E-state index in [-0.39, 0.29) is 0 Å². The van der Waals surface area contributed by atoms with Crippen LogP contribution in [0.15, 0.2) is 27.6 Å². The Morgan fingerprint density at radius 2 is 2.55 bits per heavy atom. The Labute approximate surface area is 60.4 Å². The third kappa shape index (κ3) is 0.841. The predicted molar refractivity (Wildman–Crippen MR) is 34.2 cm³/mol. The van der Waals surface area contributed by atoms with Crippen molar-refractivity contribution < 1.29 is 4.42 Å². The molecule has 11 heavy (non-hydrogen) atoms. The van der Waals surface area contributed by atoms with Crippen molar-refractivity contribution in [1.82, 2.24) is 20.2 Å². The largest absolute Gasteiger partial charge is 0.446 e. The fourth-order valence-corrected chi connectivity index (χ4v) is 0.732. The molecular weight excluding hydrogens is 148 g/mol. The van der Waals surface area contributed by atoms with Gasteiger partial charge in [-0.1, -0.05) is 0 Å². The average Bonchev–Trinajstić information content (AvgIpc) is 2.55. The first-order valence-electron chi connectivity index (χ1n) is 2.92. The molecule has 0 aliphatic heterocycles. The van der Waals surface area contributed by atoms with Gasteiger partial charge in [-0.2, -0.15) is 0 Å². The minimum atomic E-state index is -0.417. The van der Waals surface area contributed by atoms with Gasteiger partial charge in [-0.15, -0.1) is 4.68 Å². The number of nitrogens with zero attached hydrogens (tertiary/aromatic N) is 3. The first-order valence-corrected chi connectivity index (χ1v) is 2.92.